The lowest BCUT2D eigenvalue weighted by atomic mass is 10.0. The molecule has 0 bridgehead atoms. The van der Waals surface area contributed by atoms with Crippen LogP contribution in [-0.2, 0) is 28.6 Å². The Hall–Kier alpha value is -2.89. The number of ether oxygens (including phenoxy) is 3. The third kappa shape index (κ3) is 46.0. The SMILES string of the molecule is CC/C=C\C/C=C\C/C=C\C/C=C\CCCCCCCCC(=O)OCC(COC(=O)CCCCCC/C=C\CCCC)OC(=O)CCCCCCCCCCCCCC. The fraction of sp³-hybridized carbons (Fsp3) is 0.755. The molecule has 6 nitrogen and oxygen atoms in total. The first kappa shape index (κ1) is 56.1. The molecule has 0 aliphatic rings. The Morgan fingerprint density at radius 1 is 0.356 bits per heavy atom. The van der Waals surface area contributed by atoms with E-state index in [0.29, 0.717) is 19.3 Å². The molecule has 0 saturated carbocycles. The molecule has 1 atom stereocenters. The van der Waals surface area contributed by atoms with Crippen molar-refractivity contribution in [3.05, 3.63) is 60.8 Å². The first-order valence-corrected chi connectivity index (χ1v) is 24.8. The normalized spacial score (nSPS) is 12.5. The van der Waals surface area contributed by atoms with Crippen LogP contribution in [-0.4, -0.2) is 37.2 Å². The third-order valence-electron chi connectivity index (χ3n) is 10.5. The van der Waals surface area contributed by atoms with E-state index in [1.165, 1.54) is 89.9 Å². The summed E-state index contributed by atoms with van der Waals surface area (Å²) in [5, 5.41) is 0. The summed E-state index contributed by atoms with van der Waals surface area (Å²) in [4.78, 5) is 37.8. The minimum Gasteiger partial charge on any atom is -0.462 e. The van der Waals surface area contributed by atoms with Crippen LogP contribution in [0.4, 0.5) is 0 Å². The molecule has 340 valence electrons. The monoisotopic (exact) mass is 825 g/mol. The van der Waals surface area contributed by atoms with Crippen LogP contribution in [0.3, 0.4) is 0 Å². The van der Waals surface area contributed by atoms with Gasteiger partial charge < -0.3 is 14.2 Å². The molecule has 0 amide bonds. The highest BCUT2D eigenvalue weighted by Crippen LogP contribution is 2.14. The molecule has 59 heavy (non-hydrogen) atoms. The van der Waals surface area contributed by atoms with E-state index in [0.717, 1.165) is 109 Å². The Morgan fingerprint density at radius 2 is 0.678 bits per heavy atom. The van der Waals surface area contributed by atoms with Gasteiger partial charge in [0.15, 0.2) is 6.10 Å². The number of esters is 3. The maximum Gasteiger partial charge on any atom is 0.306 e. The fourth-order valence-electron chi connectivity index (χ4n) is 6.77. The highest BCUT2D eigenvalue weighted by atomic mass is 16.6. The van der Waals surface area contributed by atoms with Gasteiger partial charge in [0.25, 0.3) is 0 Å². The zero-order chi connectivity index (χ0) is 43.0. The van der Waals surface area contributed by atoms with Gasteiger partial charge in [-0.1, -0.05) is 204 Å². The molecule has 0 rings (SSSR count). The van der Waals surface area contributed by atoms with Gasteiger partial charge in [-0.05, 0) is 77.0 Å². The first-order chi connectivity index (χ1) is 29.0. The van der Waals surface area contributed by atoms with Crippen LogP contribution in [0.5, 0.6) is 0 Å². The van der Waals surface area contributed by atoms with Crippen molar-refractivity contribution in [3.8, 4) is 0 Å². The molecule has 0 spiro atoms. The number of carbonyl (C=O) groups excluding carboxylic acids is 3. The van der Waals surface area contributed by atoms with E-state index in [4.69, 9.17) is 14.2 Å². The van der Waals surface area contributed by atoms with Crippen LogP contribution in [0.1, 0.15) is 239 Å². The smallest absolute Gasteiger partial charge is 0.306 e. The highest BCUT2D eigenvalue weighted by Gasteiger charge is 2.19. The number of unbranched alkanes of at least 4 members (excludes halogenated alkanes) is 23. The minimum atomic E-state index is -0.780. The average Bonchev–Trinajstić information content (AvgIpc) is 3.23. The van der Waals surface area contributed by atoms with Crippen molar-refractivity contribution >= 4 is 17.9 Å². The molecule has 0 aliphatic carbocycles. The minimum absolute atomic E-state index is 0.0836. The van der Waals surface area contributed by atoms with Gasteiger partial charge in [0.2, 0.25) is 0 Å². The van der Waals surface area contributed by atoms with E-state index in [1.54, 1.807) is 0 Å². The molecule has 0 N–H and O–H groups in total. The standard InChI is InChI=1S/C53H92O6/c1-4-7-10-13-16-19-22-24-25-26-27-28-29-30-32-34-37-40-43-46-52(55)58-49-50(48-57-51(54)45-42-39-36-33-21-18-15-12-9-6-3)59-53(56)47-44-41-38-35-31-23-20-17-14-11-8-5-2/h7,10,15-16,18-19,24-25,27-28,50H,4-6,8-9,11-14,17,20-23,26,29-49H2,1-3H3/b10-7-,18-15-,19-16-,25-24-,28-27-. The Bertz CT molecular complexity index is 1090. The number of carbonyl (C=O) groups is 3. The van der Waals surface area contributed by atoms with Crippen molar-refractivity contribution in [1.29, 1.82) is 0 Å². The van der Waals surface area contributed by atoms with Gasteiger partial charge in [-0.15, -0.1) is 0 Å². The second kappa shape index (κ2) is 47.8. The summed E-state index contributed by atoms with van der Waals surface area (Å²) in [6.07, 6.45) is 57.7. The van der Waals surface area contributed by atoms with Crippen molar-refractivity contribution in [3.63, 3.8) is 0 Å². The predicted octanol–water partition coefficient (Wildman–Crippen LogP) is 16.1. The summed E-state index contributed by atoms with van der Waals surface area (Å²) in [6.45, 7) is 6.45. The number of hydrogen-bond donors (Lipinski definition) is 0. The van der Waals surface area contributed by atoms with Crippen molar-refractivity contribution in [1.82, 2.24) is 0 Å². The first-order valence-electron chi connectivity index (χ1n) is 24.8. The highest BCUT2D eigenvalue weighted by molar-refractivity contribution is 5.71. The lowest BCUT2D eigenvalue weighted by Gasteiger charge is -2.18. The van der Waals surface area contributed by atoms with Gasteiger partial charge in [-0.2, -0.15) is 0 Å². The van der Waals surface area contributed by atoms with Crippen LogP contribution in [0, 0.1) is 0 Å². The largest absolute Gasteiger partial charge is 0.462 e. The average molecular weight is 825 g/mol. The van der Waals surface area contributed by atoms with Crippen LogP contribution in [0.25, 0.3) is 0 Å². The van der Waals surface area contributed by atoms with Gasteiger partial charge in [0.1, 0.15) is 13.2 Å². The molecule has 0 aliphatic heterocycles. The zero-order valence-corrected chi connectivity index (χ0v) is 38.8. The van der Waals surface area contributed by atoms with E-state index < -0.39 is 6.10 Å². The molecular weight excluding hydrogens is 733 g/mol. The lowest BCUT2D eigenvalue weighted by molar-refractivity contribution is -0.167. The molecule has 0 saturated heterocycles. The number of rotatable bonds is 44. The van der Waals surface area contributed by atoms with Crippen molar-refractivity contribution in [2.75, 3.05) is 13.2 Å². The van der Waals surface area contributed by atoms with Crippen LogP contribution < -0.4 is 0 Å². The summed E-state index contributed by atoms with van der Waals surface area (Å²) >= 11 is 0. The Labute approximate surface area is 364 Å². The molecule has 0 fully saturated rings. The van der Waals surface area contributed by atoms with Crippen LogP contribution in [0.15, 0.2) is 60.8 Å². The van der Waals surface area contributed by atoms with Gasteiger partial charge in [-0.25, -0.2) is 0 Å². The van der Waals surface area contributed by atoms with E-state index >= 15 is 0 Å². The van der Waals surface area contributed by atoms with Gasteiger partial charge in [0, 0.05) is 19.3 Å². The van der Waals surface area contributed by atoms with Crippen molar-refractivity contribution in [2.24, 2.45) is 0 Å². The maximum absolute atomic E-state index is 12.7. The Balaban J connectivity index is 4.35. The van der Waals surface area contributed by atoms with Gasteiger partial charge >= 0.3 is 17.9 Å². The quantitative estimate of drug-likeness (QED) is 0.0263. The fourth-order valence-corrected chi connectivity index (χ4v) is 6.77. The van der Waals surface area contributed by atoms with Gasteiger partial charge in [-0.3, -0.25) is 14.4 Å². The molecule has 0 aromatic heterocycles. The number of hydrogen-bond acceptors (Lipinski definition) is 6. The van der Waals surface area contributed by atoms with E-state index in [2.05, 4.69) is 81.5 Å². The van der Waals surface area contributed by atoms with Crippen LogP contribution >= 0.6 is 0 Å². The number of allylic oxidation sites excluding steroid dienone is 10. The topological polar surface area (TPSA) is 78.9 Å². The molecule has 1 unspecified atom stereocenters. The van der Waals surface area contributed by atoms with E-state index in [9.17, 15) is 14.4 Å². The summed E-state index contributed by atoms with van der Waals surface area (Å²) in [5.74, 6) is -0.908. The van der Waals surface area contributed by atoms with Crippen molar-refractivity contribution in [2.45, 2.75) is 245 Å². The summed E-state index contributed by atoms with van der Waals surface area (Å²) < 4.78 is 16.7. The van der Waals surface area contributed by atoms with E-state index in [-0.39, 0.29) is 31.1 Å². The maximum atomic E-state index is 12.7. The summed E-state index contributed by atoms with van der Waals surface area (Å²) in [7, 11) is 0. The molecule has 0 radical (unpaired) electrons. The van der Waals surface area contributed by atoms with Gasteiger partial charge in [0.05, 0.1) is 0 Å². The molecule has 6 heteroatoms. The Kier molecular flexibility index (Phi) is 45.4. The molecule has 0 heterocycles. The van der Waals surface area contributed by atoms with Crippen molar-refractivity contribution < 1.29 is 28.6 Å². The third-order valence-corrected chi connectivity index (χ3v) is 10.5. The molecular formula is C53H92O6. The van der Waals surface area contributed by atoms with Crippen LogP contribution in [0.2, 0.25) is 0 Å². The zero-order valence-electron chi connectivity index (χ0n) is 38.8. The Morgan fingerprint density at radius 3 is 1.10 bits per heavy atom. The second-order valence-electron chi connectivity index (χ2n) is 16.3. The molecule has 0 aromatic carbocycles. The molecule has 0 aromatic rings. The predicted molar refractivity (Wildman–Crippen MR) is 251 cm³/mol. The summed E-state index contributed by atoms with van der Waals surface area (Å²) in [5.41, 5.74) is 0. The van der Waals surface area contributed by atoms with E-state index in [1.807, 2.05) is 0 Å². The summed E-state index contributed by atoms with van der Waals surface area (Å²) in [6, 6.07) is 0. The lowest BCUT2D eigenvalue weighted by Crippen LogP contribution is -2.30. The second-order valence-corrected chi connectivity index (χ2v) is 16.3.